The van der Waals surface area contributed by atoms with Crippen molar-refractivity contribution in [3.8, 4) is 0 Å². The topological polar surface area (TPSA) is 98.7 Å². The molecule has 1 aromatic carbocycles. The highest BCUT2D eigenvalue weighted by molar-refractivity contribution is 8.00. The van der Waals surface area contributed by atoms with Gasteiger partial charge in [0.1, 0.15) is 0 Å². The van der Waals surface area contributed by atoms with Crippen LogP contribution in [0.3, 0.4) is 0 Å². The molecule has 0 aliphatic heterocycles. The van der Waals surface area contributed by atoms with Gasteiger partial charge in [0, 0.05) is 12.1 Å². The van der Waals surface area contributed by atoms with Crippen LogP contribution in [0.1, 0.15) is 6.92 Å². The normalized spacial score (nSPS) is 12.2. The molecule has 3 N–H and O–H groups in total. The molecule has 0 aliphatic carbocycles. The van der Waals surface area contributed by atoms with Gasteiger partial charge in [0.15, 0.2) is 0 Å². The number of aryl methyl sites for hydroxylation is 1. The number of hydrogen-bond donors (Lipinski definition) is 2. The molecule has 0 bridgehead atoms. The highest BCUT2D eigenvalue weighted by atomic mass is 35.5. The van der Waals surface area contributed by atoms with Crippen LogP contribution >= 0.6 is 35.0 Å². The summed E-state index contributed by atoms with van der Waals surface area (Å²) >= 11 is 13.1. The number of benzene rings is 1. The van der Waals surface area contributed by atoms with Crippen molar-refractivity contribution in [1.82, 2.24) is 20.2 Å². The summed E-state index contributed by atoms with van der Waals surface area (Å²) in [5.74, 6) is -0.265. The van der Waals surface area contributed by atoms with Crippen molar-refractivity contribution in [3.05, 3.63) is 22.2 Å². The molecule has 0 aliphatic rings. The Bertz CT molecular complexity index is 653. The molecule has 10 heteroatoms. The summed E-state index contributed by atoms with van der Waals surface area (Å²) < 4.78 is 1.48. The number of nitrogens with one attached hydrogen (secondary N) is 1. The molecule has 0 spiro atoms. The number of aromatic nitrogens is 4. The van der Waals surface area contributed by atoms with Crippen LogP contribution in [0.15, 0.2) is 17.3 Å². The van der Waals surface area contributed by atoms with Crippen LogP contribution in [0.2, 0.25) is 10.0 Å². The van der Waals surface area contributed by atoms with Crippen LogP contribution in [-0.2, 0) is 11.8 Å². The van der Waals surface area contributed by atoms with Crippen molar-refractivity contribution in [3.63, 3.8) is 0 Å². The lowest BCUT2D eigenvalue weighted by molar-refractivity contribution is -0.115. The fraction of sp³-hybridized carbons (Fsp3) is 0.273. The van der Waals surface area contributed by atoms with Crippen molar-refractivity contribution < 1.29 is 4.79 Å². The Kier molecular flexibility index (Phi) is 4.92. The number of carbonyl (C=O) groups excluding carboxylic acids is 1. The third-order valence-electron chi connectivity index (χ3n) is 2.57. The minimum atomic E-state index is -0.430. The van der Waals surface area contributed by atoms with Gasteiger partial charge in [-0.3, -0.25) is 4.79 Å². The number of anilines is 2. The van der Waals surface area contributed by atoms with Gasteiger partial charge in [-0.2, -0.15) is 0 Å². The molecule has 1 unspecified atom stereocenters. The molecular weight excluding hydrogens is 335 g/mol. The molecule has 1 heterocycles. The van der Waals surface area contributed by atoms with Crippen LogP contribution in [0.25, 0.3) is 0 Å². The number of halogens is 2. The van der Waals surface area contributed by atoms with Crippen LogP contribution in [-0.4, -0.2) is 31.4 Å². The van der Waals surface area contributed by atoms with E-state index in [0.29, 0.717) is 21.6 Å². The summed E-state index contributed by atoms with van der Waals surface area (Å²) in [4.78, 5) is 12.2. The van der Waals surface area contributed by atoms with Crippen molar-refractivity contribution in [2.75, 3.05) is 11.1 Å². The third kappa shape index (κ3) is 3.78. The molecule has 21 heavy (non-hydrogen) atoms. The Hall–Kier alpha value is -1.51. The van der Waals surface area contributed by atoms with Gasteiger partial charge in [0.05, 0.1) is 21.6 Å². The van der Waals surface area contributed by atoms with E-state index < -0.39 is 5.25 Å². The van der Waals surface area contributed by atoms with E-state index in [9.17, 15) is 4.79 Å². The molecule has 1 atom stereocenters. The summed E-state index contributed by atoms with van der Waals surface area (Å²) in [6.45, 7) is 1.73. The van der Waals surface area contributed by atoms with E-state index in [-0.39, 0.29) is 10.9 Å². The smallest absolute Gasteiger partial charge is 0.237 e. The number of tetrazole rings is 1. The van der Waals surface area contributed by atoms with E-state index in [1.165, 1.54) is 28.6 Å². The molecule has 0 saturated heterocycles. The Labute approximate surface area is 135 Å². The summed E-state index contributed by atoms with van der Waals surface area (Å²) in [5, 5.41) is 14.5. The van der Waals surface area contributed by atoms with E-state index in [2.05, 4.69) is 20.8 Å². The fourth-order valence-corrected chi connectivity index (χ4v) is 2.79. The van der Waals surface area contributed by atoms with Gasteiger partial charge in [-0.1, -0.05) is 35.0 Å². The predicted molar refractivity (Wildman–Crippen MR) is 83.6 cm³/mol. The first kappa shape index (κ1) is 15.9. The number of carbonyl (C=O) groups is 1. The van der Waals surface area contributed by atoms with E-state index in [4.69, 9.17) is 28.9 Å². The number of amides is 1. The van der Waals surface area contributed by atoms with Gasteiger partial charge in [-0.05, 0) is 29.5 Å². The minimum Gasteiger partial charge on any atom is -0.397 e. The Balaban J connectivity index is 2.09. The number of rotatable bonds is 4. The molecule has 0 radical (unpaired) electrons. The number of thioether (sulfide) groups is 1. The maximum Gasteiger partial charge on any atom is 0.237 e. The molecule has 0 fully saturated rings. The molecule has 7 nitrogen and oxygen atoms in total. The summed E-state index contributed by atoms with van der Waals surface area (Å²) in [7, 11) is 1.70. The predicted octanol–water partition coefficient (Wildman–Crippen LogP) is 2.22. The molecule has 2 aromatic rings. The van der Waals surface area contributed by atoms with Gasteiger partial charge in [0.2, 0.25) is 11.1 Å². The standard InChI is InChI=1S/C11H12Cl2N6OS/c1-5(21-11-16-17-18-19(11)2)10(20)15-9-7(13)3-6(12)4-8(9)14/h3-5H,14H2,1-2H3,(H,15,20). The van der Waals surface area contributed by atoms with Crippen LogP contribution in [0.5, 0.6) is 0 Å². The van der Waals surface area contributed by atoms with Gasteiger partial charge in [0.25, 0.3) is 0 Å². The molecule has 0 saturated carbocycles. The van der Waals surface area contributed by atoms with Crippen molar-refractivity contribution in [2.24, 2.45) is 7.05 Å². The number of hydrogen-bond acceptors (Lipinski definition) is 6. The van der Waals surface area contributed by atoms with E-state index >= 15 is 0 Å². The molecule has 112 valence electrons. The number of nitrogen functional groups attached to an aromatic ring is 1. The fourth-order valence-electron chi connectivity index (χ4n) is 1.48. The molecule has 2 rings (SSSR count). The van der Waals surface area contributed by atoms with Gasteiger partial charge >= 0.3 is 0 Å². The van der Waals surface area contributed by atoms with E-state index in [1.807, 2.05) is 0 Å². The Morgan fingerprint density at radius 1 is 1.48 bits per heavy atom. The zero-order chi connectivity index (χ0) is 15.6. The second kappa shape index (κ2) is 6.50. The third-order valence-corrected chi connectivity index (χ3v) is 4.21. The zero-order valence-corrected chi connectivity index (χ0v) is 13.5. The van der Waals surface area contributed by atoms with Gasteiger partial charge in [-0.25, -0.2) is 4.68 Å². The average molecular weight is 347 g/mol. The second-order valence-electron chi connectivity index (χ2n) is 4.19. The van der Waals surface area contributed by atoms with Crippen molar-refractivity contribution >= 4 is 52.2 Å². The lowest BCUT2D eigenvalue weighted by Gasteiger charge is -2.14. The maximum absolute atomic E-state index is 12.2. The highest BCUT2D eigenvalue weighted by Gasteiger charge is 2.19. The first-order valence-electron chi connectivity index (χ1n) is 5.83. The molecular formula is C11H12Cl2N6OS. The Morgan fingerprint density at radius 3 is 2.76 bits per heavy atom. The quantitative estimate of drug-likeness (QED) is 0.650. The molecule has 1 amide bonds. The van der Waals surface area contributed by atoms with E-state index in [0.717, 1.165) is 0 Å². The minimum absolute atomic E-state index is 0.265. The summed E-state index contributed by atoms with van der Waals surface area (Å²) in [6, 6.07) is 3.03. The highest BCUT2D eigenvalue weighted by Crippen LogP contribution is 2.32. The lowest BCUT2D eigenvalue weighted by Crippen LogP contribution is -2.23. The first-order chi connectivity index (χ1) is 9.88. The van der Waals surface area contributed by atoms with E-state index in [1.54, 1.807) is 14.0 Å². The average Bonchev–Trinajstić information content (AvgIpc) is 2.79. The van der Waals surface area contributed by atoms with Crippen molar-refractivity contribution in [1.29, 1.82) is 0 Å². The van der Waals surface area contributed by atoms with Crippen LogP contribution < -0.4 is 11.1 Å². The van der Waals surface area contributed by atoms with Crippen LogP contribution in [0.4, 0.5) is 11.4 Å². The summed E-state index contributed by atoms with van der Waals surface area (Å²) in [5.41, 5.74) is 6.45. The largest absolute Gasteiger partial charge is 0.397 e. The maximum atomic E-state index is 12.2. The monoisotopic (exact) mass is 346 g/mol. The van der Waals surface area contributed by atoms with Crippen LogP contribution in [0, 0.1) is 0 Å². The lowest BCUT2D eigenvalue weighted by atomic mass is 10.2. The molecule has 1 aromatic heterocycles. The zero-order valence-electron chi connectivity index (χ0n) is 11.2. The Morgan fingerprint density at radius 2 is 2.19 bits per heavy atom. The van der Waals surface area contributed by atoms with Gasteiger partial charge < -0.3 is 11.1 Å². The number of nitrogens with zero attached hydrogens (tertiary/aromatic N) is 4. The van der Waals surface area contributed by atoms with Crippen molar-refractivity contribution in [2.45, 2.75) is 17.3 Å². The first-order valence-corrected chi connectivity index (χ1v) is 7.46. The number of nitrogens with two attached hydrogens (primary N) is 1. The summed E-state index contributed by atoms with van der Waals surface area (Å²) in [6.07, 6.45) is 0. The van der Waals surface area contributed by atoms with Gasteiger partial charge in [-0.15, -0.1) is 5.10 Å². The second-order valence-corrected chi connectivity index (χ2v) is 6.34. The SMILES string of the molecule is CC(Sc1nnnn1C)C(=O)Nc1c(N)cc(Cl)cc1Cl.